The minimum absolute atomic E-state index is 0.0171. The van der Waals surface area contributed by atoms with E-state index in [2.05, 4.69) is 20.7 Å². The molecule has 6 rings (SSSR count). The molecule has 2 N–H and O–H groups in total. The first kappa shape index (κ1) is 23.8. The van der Waals surface area contributed by atoms with Crippen LogP contribution in [-0.4, -0.2) is 56.0 Å². The average molecular weight is 508 g/mol. The van der Waals surface area contributed by atoms with Crippen LogP contribution in [0.2, 0.25) is 0 Å². The van der Waals surface area contributed by atoms with Crippen LogP contribution in [0.25, 0.3) is 22.2 Å². The molecular weight excluding hydrogens is 476 g/mol. The number of rotatable bonds is 6. The van der Waals surface area contributed by atoms with Crippen LogP contribution in [0.1, 0.15) is 38.1 Å². The van der Waals surface area contributed by atoms with E-state index in [0.717, 1.165) is 60.2 Å². The lowest BCUT2D eigenvalue weighted by atomic mass is 9.93. The number of anilines is 1. The first-order chi connectivity index (χ1) is 18.0. The fourth-order valence-corrected chi connectivity index (χ4v) is 5.45. The molecule has 3 aromatic heterocycles. The number of hydrogen-bond acceptors (Lipinski definition) is 6. The van der Waals surface area contributed by atoms with E-state index in [0.29, 0.717) is 18.7 Å². The van der Waals surface area contributed by atoms with Crippen molar-refractivity contribution in [3.63, 3.8) is 0 Å². The molecule has 1 aliphatic heterocycles. The standard InChI is InChI=1S/C27H31F2N7O/c1-35-24-12-26(33-18-6-8-19(9-7-18)37-25-5-3-2-4-21(25)28)31-14-20(24)27(34-35)17-13-32-36(16-17)23-10-11-30-15-22(23)29/h2-5,12-14,16,18-19,22-23,30H,6-11,15H2,1H3,(H,31,33)/t18?,19?,22-,23-/m0/s1. The highest BCUT2D eigenvalue weighted by atomic mass is 19.1. The fourth-order valence-electron chi connectivity index (χ4n) is 5.45. The Balaban J connectivity index is 1.12. The number of pyridine rings is 1. The van der Waals surface area contributed by atoms with Crippen LogP contribution in [0.3, 0.4) is 0 Å². The smallest absolute Gasteiger partial charge is 0.165 e. The monoisotopic (exact) mass is 507 g/mol. The average Bonchev–Trinajstić information content (AvgIpc) is 3.52. The second kappa shape index (κ2) is 10.1. The van der Waals surface area contributed by atoms with Gasteiger partial charge < -0.3 is 15.4 Å². The number of halogens is 2. The van der Waals surface area contributed by atoms with Gasteiger partial charge in [-0.2, -0.15) is 10.2 Å². The maximum absolute atomic E-state index is 14.4. The van der Waals surface area contributed by atoms with E-state index in [-0.39, 0.29) is 24.0 Å². The SMILES string of the molecule is Cn1nc(-c2cnn([C@H]3CCNC[C@@H]3F)c2)c2cnc(NC3CCC(Oc4ccccc4F)CC3)cc21. The summed E-state index contributed by atoms with van der Waals surface area (Å²) in [5.74, 6) is 0.802. The number of para-hydroxylation sites is 1. The first-order valence-electron chi connectivity index (χ1n) is 12.9. The van der Waals surface area contributed by atoms with Gasteiger partial charge in [0.25, 0.3) is 0 Å². The molecule has 1 saturated carbocycles. The molecule has 10 heteroatoms. The van der Waals surface area contributed by atoms with Gasteiger partial charge in [-0.3, -0.25) is 9.36 Å². The van der Waals surface area contributed by atoms with Crippen LogP contribution >= 0.6 is 0 Å². The summed E-state index contributed by atoms with van der Waals surface area (Å²) in [5, 5.41) is 16.7. The van der Waals surface area contributed by atoms with Gasteiger partial charge >= 0.3 is 0 Å². The lowest BCUT2D eigenvalue weighted by Gasteiger charge is -2.30. The molecule has 1 aliphatic carbocycles. The molecule has 194 valence electrons. The summed E-state index contributed by atoms with van der Waals surface area (Å²) in [4.78, 5) is 4.67. The van der Waals surface area contributed by atoms with Crippen molar-refractivity contribution >= 4 is 16.7 Å². The van der Waals surface area contributed by atoms with Gasteiger partial charge in [-0.05, 0) is 50.8 Å². The highest BCUT2D eigenvalue weighted by molar-refractivity contribution is 5.93. The highest BCUT2D eigenvalue weighted by Gasteiger charge is 2.28. The molecule has 2 aliphatic rings. The summed E-state index contributed by atoms with van der Waals surface area (Å²) in [6.07, 6.45) is 8.79. The van der Waals surface area contributed by atoms with Crippen LogP contribution in [-0.2, 0) is 7.05 Å². The van der Waals surface area contributed by atoms with Gasteiger partial charge in [-0.15, -0.1) is 0 Å². The summed E-state index contributed by atoms with van der Waals surface area (Å²) in [6.45, 7) is 1.14. The fraction of sp³-hybridized carbons (Fsp3) is 0.444. The molecule has 0 radical (unpaired) electrons. The van der Waals surface area contributed by atoms with E-state index < -0.39 is 6.17 Å². The Hall–Kier alpha value is -3.53. The van der Waals surface area contributed by atoms with E-state index in [1.807, 2.05) is 30.2 Å². The zero-order valence-electron chi connectivity index (χ0n) is 20.8. The summed E-state index contributed by atoms with van der Waals surface area (Å²) >= 11 is 0. The summed E-state index contributed by atoms with van der Waals surface area (Å²) in [5.41, 5.74) is 2.60. The highest BCUT2D eigenvalue weighted by Crippen LogP contribution is 2.31. The van der Waals surface area contributed by atoms with Gasteiger partial charge in [0, 0.05) is 49.0 Å². The minimum Gasteiger partial charge on any atom is -0.487 e. The molecule has 37 heavy (non-hydrogen) atoms. The van der Waals surface area contributed by atoms with E-state index in [1.54, 1.807) is 29.1 Å². The Labute approximate surface area is 214 Å². The molecule has 4 aromatic rings. The molecule has 0 bridgehead atoms. The topological polar surface area (TPSA) is 81.8 Å². The van der Waals surface area contributed by atoms with E-state index in [9.17, 15) is 8.78 Å². The number of ether oxygens (including phenoxy) is 1. The molecule has 0 amide bonds. The quantitative estimate of drug-likeness (QED) is 0.396. The predicted octanol–water partition coefficient (Wildman–Crippen LogP) is 4.65. The number of nitrogens with zero attached hydrogens (tertiary/aromatic N) is 5. The molecule has 8 nitrogen and oxygen atoms in total. The van der Waals surface area contributed by atoms with Gasteiger partial charge in [-0.25, -0.2) is 13.8 Å². The Morgan fingerprint density at radius 3 is 2.76 bits per heavy atom. The number of benzene rings is 1. The number of hydrogen-bond donors (Lipinski definition) is 2. The maximum Gasteiger partial charge on any atom is 0.165 e. The molecule has 2 fully saturated rings. The number of aryl methyl sites for hydroxylation is 1. The summed E-state index contributed by atoms with van der Waals surface area (Å²) in [6, 6.07) is 8.59. The second-order valence-electron chi connectivity index (χ2n) is 10.0. The maximum atomic E-state index is 14.4. The summed E-state index contributed by atoms with van der Waals surface area (Å²) < 4.78 is 37.8. The van der Waals surface area contributed by atoms with Crippen LogP contribution in [0, 0.1) is 5.82 Å². The van der Waals surface area contributed by atoms with Crippen LogP contribution in [0.15, 0.2) is 48.9 Å². The van der Waals surface area contributed by atoms with Gasteiger partial charge in [-0.1, -0.05) is 12.1 Å². The van der Waals surface area contributed by atoms with Crippen molar-refractivity contribution in [2.24, 2.45) is 7.05 Å². The lowest BCUT2D eigenvalue weighted by molar-refractivity contribution is 0.144. The van der Waals surface area contributed by atoms with Crippen molar-refractivity contribution in [2.75, 3.05) is 18.4 Å². The predicted molar refractivity (Wildman–Crippen MR) is 138 cm³/mol. The normalized spacial score (nSPS) is 24.3. The number of alkyl halides is 1. The Morgan fingerprint density at radius 2 is 1.95 bits per heavy atom. The van der Waals surface area contributed by atoms with Gasteiger partial charge in [0.2, 0.25) is 0 Å². The van der Waals surface area contributed by atoms with E-state index in [1.165, 1.54) is 6.07 Å². The molecule has 2 atom stereocenters. The number of fused-ring (bicyclic) bond motifs is 1. The molecule has 4 heterocycles. The molecule has 0 spiro atoms. The van der Waals surface area contributed by atoms with Crippen molar-refractivity contribution in [1.29, 1.82) is 0 Å². The van der Waals surface area contributed by atoms with E-state index >= 15 is 0 Å². The molecular formula is C27H31F2N7O. The molecule has 0 unspecified atom stereocenters. The van der Waals surface area contributed by atoms with Crippen molar-refractivity contribution in [3.8, 4) is 17.0 Å². The van der Waals surface area contributed by atoms with Crippen molar-refractivity contribution in [2.45, 2.75) is 56.5 Å². The Morgan fingerprint density at radius 1 is 1.11 bits per heavy atom. The minimum atomic E-state index is -0.960. The third-order valence-electron chi connectivity index (χ3n) is 7.48. The number of nitrogens with one attached hydrogen (secondary N) is 2. The zero-order valence-corrected chi connectivity index (χ0v) is 20.8. The zero-order chi connectivity index (χ0) is 25.4. The third-order valence-corrected chi connectivity index (χ3v) is 7.48. The largest absolute Gasteiger partial charge is 0.487 e. The first-order valence-corrected chi connectivity index (χ1v) is 12.9. The van der Waals surface area contributed by atoms with Crippen molar-refractivity contribution < 1.29 is 13.5 Å². The molecule has 1 aromatic carbocycles. The molecule has 1 saturated heterocycles. The Kier molecular flexibility index (Phi) is 6.50. The van der Waals surface area contributed by atoms with Gasteiger partial charge in [0.15, 0.2) is 11.6 Å². The van der Waals surface area contributed by atoms with Gasteiger partial charge in [0.1, 0.15) is 17.7 Å². The number of piperidine rings is 1. The number of aromatic nitrogens is 5. The van der Waals surface area contributed by atoms with Crippen molar-refractivity contribution in [3.05, 3.63) is 54.7 Å². The second-order valence-corrected chi connectivity index (χ2v) is 10.0. The van der Waals surface area contributed by atoms with Crippen LogP contribution in [0.4, 0.5) is 14.6 Å². The van der Waals surface area contributed by atoms with Gasteiger partial charge in [0.05, 0.1) is 23.9 Å². The van der Waals surface area contributed by atoms with Crippen LogP contribution < -0.4 is 15.4 Å². The van der Waals surface area contributed by atoms with E-state index in [4.69, 9.17) is 9.84 Å². The third kappa shape index (κ3) is 4.90. The van der Waals surface area contributed by atoms with Crippen LogP contribution in [0.5, 0.6) is 5.75 Å². The Bertz CT molecular complexity index is 1380. The summed E-state index contributed by atoms with van der Waals surface area (Å²) in [7, 11) is 1.91. The van der Waals surface area contributed by atoms with Crippen molar-refractivity contribution in [1.82, 2.24) is 29.9 Å². The lowest BCUT2D eigenvalue weighted by Crippen LogP contribution is -2.39.